The summed E-state index contributed by atoms with van der Waals surface area (Å²) in [7, 11) is 0. The van der Waals surface area contributed by atoms with E-state index in [-0.39, 0.29) is 18.9 Å². The molecule has 0 radical (unpaired) electrons. The van der Waals surface area contributed by atoms with Gasteiger partial charge in [0, 0.05) is 0 Å². The third-order valence-electron chi connectivity index (χ3n) is 9.32. The van der Waals surface area contributed by atoms with Crippen LogP contribution < -0.4 is 5.32 Å². The fourth-order valence-corrected chi connectivity index (χ4v) is 6.22. The van der Waals surface area contributed by atoms with Crippen LogP contribution >= 0.6 is 0 Å². The highest BCUT2D eigenvalue weighted by atomic mass is 16.3. The fraction of sp³-hybridized carbons (Fsp3) is 0.925. The molecule has 0 fully saturated rings. The van der Waals surface area contributed by atoms with E-state index in [4.69, 9.17) is 0 Å². The van der Waals surface area contributed by atoms with Gasteiger partial charge in [0.15, 0.2) is 0 Å². The molecule has 268 valence electrons. The number of rotatable bonds is 36. The summed E-state index contributed by atoms with van der Waals surface area (Å²) >= 11 is 0. The third-order valence-corrected chi connectivity index (χ3v) is 9.32. The van der Waals surface area contributed by atoms with E-state index in [0.29, 0.717) is 6.42 Å². The van der Waals surface area contributed by atoms with Gasteiger partial charge in [-0.2, -0.15) is 0 Å². The molecular weight excluding hydrogens is 558 g/mol. The predicted octanol–water partition coefficient (Wildman–Crippen LogP) is 10.9. The van der Waals surface area contributed by atoms with Crippen molar-refractivity contribution in [2.45, 2.75) is 231 Å². The quantitative estimate of drug-likeness (QED) is 0.0406. The molecule has 0 bridgehead atoms. The lowest BCUT2D eigenvalue weighted by molar-refractivity contribution is -0.124. The maximum atomic E-state index is 12.4. The number of unbranched alkanes of at least 4 members (excludes halogenated alkanes) is 27. The van der Waals surface area contributed by atoms with Crippen LogP contribution in [0.5, 0.6) is 0 Å². The molecule has 0 aliphatic heterocycles. The molecule has 0 spiro atoms. The lowest BCUT2D eigenvalue weighted by atomic mass is 10.0. The van der Waals surface area contributed by atoms with Crippen LogP contribution in [0.2, 0.25) is 0 Å². The van der Waals surface area contributed by atoms with Crippen LogP contribution in [-0.2, 0) is 4.79 Å². The van der Waals surface area contributed by atoms with Crippen LogP contribution in [0.3, 0.4) is 0 Å². The second kappa shape index (κ2) is 35.9. The van der Waals surface area contributed by atoms with Crippen molar-refractivity contribution in [3.8, 4) is 0 Å². The Balaban J connectivity index is 3.69. The lowest BCUT2D eigenvalue weighted by Gasteiger charge is -2.21. The number of aliphatic hydroxyl groups excluding tert-OH is 3. The Morgan fingerprint density at radius 2 is 0.911 bits per heavy atom. The summed E-state index contributed by atoms with van der Waals surface area (Å²) in [5.74, 6) is -0.314. The van der Waals surface area contributed by atoms with Gasteiger partial charge in [0.1, 0.15) is 0 Å². The van der Waals surface area contributed by atoms with Gasteiger partial charge in [0.2, 0.25) is 5.91 Å². The van der Waals surface area contributed by atoms with E-state index in [1.54, 1.807) is 6.08 Å². The van der Waals surface area contributed by atoms with Crippen LogP contribution in [0.25, 0.3) is 0 Å². The molecule has 0 heterocycles. The number of allylic oxidation sites excluding steroid dienone is 1. The molecule has 5 heteroatoms. The predicted molar refractivity (Wildman–Crippen MR) is 195 cm³/mol. The van der Waals surface area contributed by atoms with E-state index >= 15 is 0 Å². The van der Waals surface area contributed by atoms with E-state index in [1.807, 2.05) is 6.08 Å². The molecule has 0 aromatic rings. The zero-order valence-electron chi connectivity index (χ0n) is 30.3. The molecule has 0 aromatic carbocycles. The Morgan fingerprint density at radius 3 is 1.29 bits per heavy atom. The van der Waals surface area contributed by atoms with Gasteiger partial charge in [-0.25, -0.2) is 0 Å². The Kier molecular flexibility index (Phi) is 35.2. The van der Waals surface area contributed by atoms with Crippen LogP contribution in [0.15, 0.2) is 12.2 Å². The molecule has 3 unspecified atom stereocenters. The maximum Gasteiger partial charge on any atom is 0.222 e. The second-order valence-electron chi connectivity index (χ2n) is 13.9. The van der Waals surface area contributed by atoms with Gasteiger partial charge in [-0.3, -0.25) is 4.79 Å². The minimum Gasteiger partial charge on any atom is -0.394 e. The zero-order valence-corrected chi connectivity index (χ0v) is 30.3. The van der Waals surface area contributed by atoms with Gasteiger partial charge in [-0.1, -0.05) is 199 Å². The van der Waals surface area contributed by atoms with E-state index in [2.05, 4.69) is 19.2 Å². The summed E-state index contributed by atoms with van der Waals surface area (Å²) in [5.41, 5.74) is 0. The van der Waals surface area contributed by atoms with E-state index < -0.39 is 18.2 Å². The molecular formula is C40H79NO4. The summed E-state index contributed by atoms with van der Waals surface area (Å²) in [5, 5.41) is 33.1. The Morgan fingerprint density at radius 1 is 0.556 bits per heavy atom. The van der Waals surface area contributed by atoms with E-state index in [1.165, 1.54) is 161 Å². The zero-order chi connectivity index (χ0) is 33.1. The molecule has 0 aliphatic rings. The van der Waals surface area contributed by atoms with Crippen LogP contribution in [-0.4, -0.2) is 46.1 Å². The molecule has 0 saturated heterocycles. The Labute approximate surface area is 280 Å². The average molecular weight is 638 g/mol. The van der Waals surface area contributed by atoms with Gasteiger partial charge < -0.3 is 20.6 Å². The van der Waals surface area contributed by atoms with Gasteiger partial charge in [-0.05, 0) is 19.3 Å². The van der Waals surface area contributed by atoms with Gasteiger partial charge in [0.05, 0.1) is 31.3 Å². The van der Waals surface area contributed by atoms with Crippen LogP contribution in [0.1, 0.15) is 213 Å². The molecule has 4 N–H and O–H groups in total. The monoisotopic (exact) mass is 638 g/mol. The first-order chi connectivity index (χ1) is 22.0. The number of carbonyl (C=O) groups is 1. The van der Waals surface area contributed by atoms with E-state index in [0.717, 1.165) is 25.7 Å². The number of amides is 1. The SMILES string of the molecule is CCCCCCCCCCCCCCCC/C=C/C(O)C(CO)NC(=O)CC(O)CCCCCCCCCCCCCCCC. The lowest BCUT2D eigenvalue weighted by Crippen LogP contribution is -2.45. The number of hydrogen-bond acceptors (Lipinski definition) is 4. The summed E-state index contributed by atoms with van der Waals surface area (Å²) in [6.45, 7) is 4.21. The number of carbonyl (C=O) groups excluding carboxylic acids is 1. The first-order valence-electron chi connectivity index (χ1n) is 20.0. The largest absolute Gasteiger partial charge is 0.394 e. The molecule has 5 nitrogen and oxygen atoms in total. The standard InChI is InChI=1S/C40H79NO4/c1-3-5-7-9-11-13-15-17-19-20-22-24-26-28-30-32-34-39(44)38(36-42)41-40(45)35-37(43)33-31-29-27-25-23-21-18-16-14-12-10-8-6-4-2/h32,34,37-39,42-44H,3-31,33,35-36H2,1-2H3,(H,41,45)/b34-32+. The van der Waals surface area contributed by atoms with Crippen molar-refractivity contribution >= 4 is 5.91 Å². The average Bonchev–Trinajstić information content (AvgIpc) is 3.03. The van der Waals surface area contributed by atoms with Crippen LogP contribution in [0, 0.1) is 0 Å². The first-order valence-corrected chi connectivity index (χ1v) is 20.0. The molecule has 45 heavy (non-hydrogen) atoms. The molecule has 1 amide bonds. The highest BCUT2D eigenvalue weighted by Gasteiger charge is 2.20. The highest BCUT2D eigenvalue weighted by molar-refractivity contribution is 5.76. The fourth-order valence-electron chi connectivity index (χ4n) is 6.22. The van der Waals surface area contributed by atoms with Crippen molar-refractivity contribution in [2.75, 3.05) is 6.61 Å². The summed E-state index contributed by atoms with van der Waals surface area (Å²) in [4.78, 5) is 12.4. The summed E-state index contributed by atoms with van der Waals surface area (Å²) in [6.07, 6.45) is 40.5. The van der Waals surface area contributed by atoms with Gasteiger partial charge >= 0.3 is 0 Å². The van der Waals surface area contributed by atoms with Crippen molar-refractivity contribution < 1.29 is 20.1 Å². The van der Waals surface area contributed by atoms with Crippen molar-refractivity contribution in [2.24, 2.45) is 0 Å². The topological polar surface area (TPSA) is 89.8 Å². The van der Waals surface area contributed by atoms with Crippen molar-refractivity contribution in [1.82, 2.24) is 5.32 Å². The summed E-state index contributed by atoms with van der Waals surface area (Å²) < 4.78 is 0. The molecule has 0 saturated carbocycles. The molecule has 0 aliphatic carbocycles. The molecule has 0 rings (SSSR count). The Bertz CT molecular complexity index is 625. The summed E-state index contributed by atoms with van der Waals surface area (Å²) in [6, 6.07) is -0.738. The van der Waals surface area contributed by atoms with Crippen molar-refractivity contribution in [3.05, 3.63) is 12.2 Å². The highest BCUT2D eigenvalue weighted by Crippen LogP contribution is 2.15. The van der Waals surface area contributed by atoms with Crippen molar-refractivity contribution in [3.63, 3.8) is 0 Å². The third kappa shape index (κ3) is 32.8. The minimum absolute atomic E-state index is 0.0183. The number of aliphatic hydroxyl groups is 3. The second-order valence-corrected chi connectivity index (χ2v) is 13.9. The first kappa shape index (κ1) is 44.1. The van der Waals surface area contributed by atoms with Crippen LogP contribution in [0.4, 0.5) is 0 Å². The molecule has 3 atom stereocenters. The van der Waals surface area contributed by atoms with E-state index in [9.17, 15) is 20.1 Å². The smallest absolute Gasteiger partial charge is 0.222 e. The normalized spacial score (nSPS) is 13.8. The maximum absolute atomic E-state index is 12.4. The Hall–Kier alpha value is -0.910. The minimum atomic E-state index is -0.923. The van der Waals surface area contributed by atoms with Gasteiger partial charge in [-0.15, -0.1) is 0 Å². The number of nitrogens with one attached hydrogen (secondary N) is 1. The molecule has 0 aromatic heterocycles. The van der Waals surface area contributed by atoms with Crippen molar-refractivity contribution in [1.29, 1.82) is 0 Å². The van der Waals surface area contributed by atoms with Gasteiger partial charge in [0.25, 0.3) is 0 Å². The number of hydrogen-bond donors (Lipinski definition) is 4.